The molecule has 0 aliphatic rings. The summed E-state index contributed by atoms with van der Waals surface area (Å²) in [7, 11) is 1.50. The molecule has 0 amide bonds. The Morgan fingerprint density at radius 1 is 1.35 bits per heavy atom. The van der Waals surface area contributed by atoms with E-state index in [1.54, 1.807) is 31.5 Å². The van der Waals surface area contributed by atoms with Crippen LogP contribution in [0.4, 0.5) is 0 Å². The number of rotatable bonds is 3. The van der Waals surface area contributed by atoms with Crippen LogP contribution in [-0.4, -0.2) is 34.6 Å². The summed E-state index contributed by atoms with van der Waals surface area (Å²) in [5, 5.41) is 9.55. The summed E-state index contributed by atoms with van der Waals surface area (Å²) in [5.74, 6) is -0.828. The van der Waals surface area contributed by atoms with Crippen LogP contribution in [0.3, 0.4) is 0 Å². The summed E-state index contributed by atoms with van der Waals surface area (Å²) >= 11 is 0. The third kappa shape index (κ3) is 2.00. The van der Waals surface area contributed by atoms with Gasteiger partial charge in [0.2, 0.25) is 5.78 Å². The minimum atomic E-state index is -0.976. The molecule has 9 heteroatoms. The molecule has 0 fully saturated rings. The largest absolute Gasteiger partial charge is 0.480 e. The van der Waals surface area contributed by atoms with Crippen molar-refractivity contribution in [2.75, 3.05) is 0 Å². The molecular weight excluding hydrogens is 302 g/mol. The van der Waals surface area contributed by atoms with Gasteiger partial charge in [0, 0.05) is 18.9 Å². The molecule has 23 heavy (non-hydrogen) atoms. The van der Waals surface area contributed by atoms with Gasteiger partial charge in [-0.25, -0.2) is 9.59 Å². The number of carbonyl (C=O) groups is 1. The van der Waals surface area contributed by atoms with Crippen LogP contribution >= 0.6 is 0 Å². The molecule has 0 unspecified atom stereocenters. The third-order valence-corrected chi connectivity index (χ3v) is 4.01. The maximum atomic E-state index is 12.1. The fourth-order valence-corrected chi connectivity index (χ4v) is 2.93. The highest BCUT2D eigenvalue weighted by Crippen LogP contribution is 2.25. The van der Waals surface area contributed by atoms with E-state index < -0.39 is 23.3 Å². The number of aromatic nitrogens is 5. The molecule has 0 bridgehead atoms. The second-order valence-electron chi connectivity index (χ2n) is 5.94. The zero-order valence-corrected chi connectivity index (χ0v) is 13.2. The quantitative estimate of drug-likeness (QED) is 0.719. The van der Waals surface area contributed by atoms with Crippen LogP contribution < -0.4 is 11.2 Å². The number of nitrogens with one attached hydrogen (secondary N) is 1. The molecule has 1 atom stereocenters. The summed E-state index contributed by atoms with van der Waals surface area (Å²) < 4.78 is 4.34. The molecule has 3 aromatic heterocycles. The average molecular weight is 319 g/mol. The molecule has 122 valence electrons. The van der Waals surface area contributed by atoms with Gasteiger partial charge in [-0.2, -0.15) is 4.98 Å². The number of aryl methyl sites for hydroxylation is 2. The topological polar surface area (TPSA) is 114 Å². The van der Waals surface area contributed by atoms with Crippen molar-refractivity contribution in [1.82, 2.24) is 23.5 Å². The molecule has 3 rings (SSSR count). The Morgan fingerprint density at radius 3 is 2.57 bits per heavy atom. The van der Waals surface area contributed by atoms with E-state index in [1.807, 2.05) is 0 Å². The Labute approximate surface area is 129 Å². The molecule has 0 aliphatic carbocycles. The normalized spacial score (nSPS) is 13.3. The first-order chi connectivity index (χ1) is 10.7. The minimum absolute atomic E-state index is 0.177. The first-order valence-corrected chi connectivity index (χ1v) is 7.15. The SMILES string of the molecule is Cc1cn2c3c(=O)[nH]c(=O)n(C)c3nc2n1[C@H](C(=O)O)C(C)C. The van der Waals surface area contributed by atoms with Gasteiger partial charge in [0.15, 0.2) is 11.2 Å². The zero-order chi connectivity index (χ0) is 17.0. The van der Waals surface area contributed by atoms with E-state index in [0.717, 1.165) is 0 Å². The summed E-state index contributed by atoms with van der Waals surface area (Å²) in [5.41, 5.74) is -0.00895. The summed E-state index contributed by atoms with van der Waals surface area (Å²) in [6, 6.07) is -0.819. The van der Waals surface area contributed by atoms with Gasteiger partial charge in [0.05, 0.1) is 0 Å². The number of H-pyrrole nitrogens is 1. The van der Waals surface area contributed by atoms with Crippen LogP contribution in [0.1, 0.15) is 25.6 Å². The molecule has 9 nitrogen and oxygen atoms in total. The lowest BCUT2D eigenvalue weighted by Crippen LogP contribution is -2.28. The van der Waals surface area contributed by atoms with E-state index in [-0.39, 0.29) is 17.1 Å². The first kappa shape index (κ1) is 15.1. The van der Waals surface area contributed by atoms with Crippen molar-refractivity contribution < 1.29 is 9.90 Å². The molecule has 0 saturated carbocycles. The highest BCUT2D eigenvalue weighted by molar-refractivity contribution is 5.78. The lowest BCUT2D eigenvalue weighted by molar-refractivity contribution is -0.142. The number of hydrogen-bond donors (Lipinski definition) is 2. The van der Waals surface area contributed by atoms with Crippen molar-refractivity contribution in [3.05, 3.63) is 32.7 Å². The predicted octanol–water partition coefficient (Wildman–Crippen LogP) is 0.266. The zero-order valence-electron chi connectivity index (χ0n) is 13.2. The highest BCUT2D eigenvalue weighted by atomic mass is 16.4. The Balaban J connectivity index is 2.49. The molecule has 3 aromatic rings. The minimum Gasteiger partial charge on any atom is -0.480 e. The third-order valence-electron chi connectivity index (χ3n) is 4.01. The number of carboxylic acids is 1. The Kier molecular flexibility index (Phi) is 3.17. The van der Waals surface area contributed by atoms with E-state index in [0.29, 0.717) is 11.5 Å². The standard InChI is InChI=1S/C14H17N5O4/c1-6(2)8(12(21)22)19-7(3)5-18-9-10(15-13(18)19)17(4)14(23)16-11(9)20/h5-6,8H,1-4H3,(H,21,22)(H,16,20,23)/t8-/m0/s1. The Hall–Kier alpha value is -2.84. The molecule has 2 N–H and O–H groups in total. The lowest BCUT2D eigenvalue weighted by atomic mass is 10.0. The fourth-order valence-electron chi connectivity index (χ4n) is 2.93. The van der Waals surface area contributed by atoms with Gasteiger partial charge in [0.1, 0.15) is 6.04 Å². The van der Waals surface area contributed by atoms with Crippen LogP contribution in [0.2, 0.25) is 0 Å². The first-order valence-electron chi connectivity index (χ1n) is 7.15. The second kappa shape index (κ2) is 4.83. The van der Waals surface area contributed by atoms with E-state index >= 15 is 0 Å². The summed E-state index contributed by atoms with van der Waals surface area (Å²) in [4.78, 5) is 42.1. The van der Waals surface area contributed by atoms with E-state index in [2.05, 4.69) is 9.97 Å². The molecule has 3 heterocycles. The maximum absolute atomic E-state index is 12.1. The van der Waals surface area contributed by atoms with Gasteiger partial charge in [-0.05, 0) is 12.8 Å². The van der Waals surface area contributed by atoms with Gasteiger partial charge in [0.25, 0.3) is 5.56 Å². The molecule has 0 radical (unpaired) electrons. The summed E-state index contributed by atoms with van der Waals surface area (Å²) in [6.45, 7) is 5.37. The van der Waals surface area contributed by atoms with Crippen molar-refractivity contribution in [3.8, 4) is 0 Å². The molecule has 0 aromatic carbocycles. The van der Waals surface area contributed by atoms with Gasteiger partial charge in [-0.15, -0.1) is 0 Å². The van der Waals surface area contributed by atoms with E-state index in [1.165, 1.54) is 16.0 Å². The smallest absolute Gasteiger partial charge is 0.329 e. The summed E-state index contributed by atoms with van der Waals surface area (Å²) in [6.07, 6.45) is 1.66. The maximum Gasteiger partial charge on any atom is 0.329 e. The monoisotopic (exact) mass is 319 g/mol. The number of aromatic amines is 1. The van der Waals surface area contributed by atoms with Gasteiger partial charge >= 0.3 is 11.7 Å². The van der Waals surface area contributed by atoms with Crippen LogP contribution in [0.15, 0.2) is 15.8 Å². The molecular formula is C14H17N5O4. The number of imidazole rings is 2. The lowest BCUT2D eigenvalue weighted by Gasteiger charge is -2.19. The van der Waals surface area contributed by atoms with Crippen LogP contribution in [-0.2, 0) is 11.8 Å². The molecule has 0 spiro atoms. The highest BCUT2D eigenvalue weighted by Gasteiger charge is 2.28. The van der Waals surface area contributed by atoms with Gasteiger partial charge in [-0.3, -0.25) is 23.3 Å². The van der Waals surface area contributed by atoms with Gasteiger partial charge in [-0.1, -0.05) is 13.8 Å². The van der Waals surface area contributed by atoms with E-state index in [4.69, 9.17) is 0 Å². The second-order valence-corrected chi connectivity index (χ2v) is 5.94. The van der Waals surface area contributed by atoms with Crippen molar-refractivity contribution in [2.24, 2.45) is 13.0 Å². The Bertz CT molecular complexity index is 1050. The van der Waals surface area contributed by atoms with Crippen molar-refractivity contribution in [3.63, 3.8) is 0 Å². The number of nitrogens with zero attached hydrogens (tertiary/aromatic N) is 4. The molecule has 0 aliphatic heterocycles. The van der Waals surface area contributed by atoms with Gasteiger partial charge < -0.3 is 5.11 Å². The van der Waals surface area contributed by atoms with Crippen LogP contribution in [0.5, 0.6) is 0 Å². The van der Waals surface area contributed by atoms with Crippen LogP contribution in [0, 0.1) is 12.8 Å². The predicted molar refractivity (Wildman–Crippen MR) is 82.8 cm³/mol. The van der Waals surface area contributed by atoms with E-state index in [9.17, 15) is 19.5 Å². The van der Waals surface area contributed by atoms with Crippen molar-refractivity contribution in [1.29, 1.82) is 0 Å². The molecule has 0 saturated heterocycles. The number of carboxylic acid groups (broad SMARTS) is 1. The Morgan fingerprint density at radius 2 is 2.00 bits per heavy atom. The average Bonchev–Trinajstić information content (AvgIpc) is 2.93. The fraction of sp³-hybridized carbons (Fsp3) is 0.429. The number of fused-ring (bicyclic) bond motifs is 3. The van der Waals surface area contributed by atoms with Crippen molar-refractivity contribution >= 4 is 22.9 Å². The number of hydrogen-bond acceptors (Lipinski definition) is 4. The van der Waals surface area contributed by atoms with Crippen molar-refractivity contribution in [2.45, 2.75) is 26.8 Å². The van der Waals surface area contributed by atoms with Crippen LogP contribution in [0.25, 0.3) is 16.9 Å². The number of aliphatic carboxylic acids is 1.